The number of nitriles is 1. The Kier molecular flexibility index (Phi) is 3.05. The highest BCUT2D eigenvalue weighted by Crippen LogP contribution is 2.32. The molecule has 0 saturated heterocycles. The minimum Gasteiger partial charge on any atom is -0.489 e. The predicted molar refractivity (Wildman–Crippen MR) is 72.5 cm³/mol. The van der Waals surface area contributed by atoms with Crippen LogP contribution in [0.2, 0.25) is 0 Å². The molecule has 2 aromatic rings. The first-order chi connectivity index (χ1) is 9.76. The van der Waals surface area contributed by atoms with Gasteiger partial charge in [0.25, 0.3) is 0 Å². The highest BCUT2D eigenvalue weighted by Gasteiger charge is 2.13. The maximum Gasteiger partial charge on any atom is 0.231 e. The topological polar surface area (TPSA) is 77.5 Å². The van der Waals surface area contributed by atoms with Gasteiger partial charge in [0.2, 0.25) is 6.79 Å². The first-order valence-electron chi connectivity index (χ1n) is 6.07. The van der Waals surface area contributed by atoms with Gasteiger partial charge in [0.15, 0.2) is 11.5 Å². The van der Waals surface area contributed by atoms with E-state index in [2.05, 4.69) is 0 Å². The van der Waals surface area contributed by atoms with E-state index in [1.807, 2.05) is 24.3 Å². The third-order valence-electron chi connectivity index (χ3n) is 2.99. The van der Waals surface area contributed by atoms with Gasteiger partial charge in [-0.15, -0.1) is 0 Å². The standard InChI is InChI=1S/C15H12N2O3/c16-7-11-2-3-12(6-13(11)17)18-8-10-1-4-14-15(5-10)20-9-19-14/h1-6H,8-9,17H2. The van der Waals surface area contributed by atoms with E-state index in [-0.39, 0.29) is 6.79 Å². The Bertz CT molecular complexity index is 681. The van der Waals surface area contributed by atoms with E-state index in [1.165, 1.54) is 0 Å². The van der Waals surface area contributed by atoms with E-state index in [9.17, 15) is 0 Å². The van der Waals surface area contributed by atoms with Crippen molar-refractivity contribution in [3.8, 4) is 23.3 Å². The molecule has 20 heavy (non-hydrogen) atoms. The van der Waals surface area contributed by atoms with E-state index in [4.69, 9.17) is 25.2 Å². The first kappa shape index (κ1) is 12.2. The summed E-state index contributed by atoms with van der Waals surface area (Å²) < 4.78 is 16.2. The molecule has 1 aliphatic heterocycles. The highest BCUT2D eigenvalue weighted by atomic mass is 16.7. The number of nitrogen functional groups attached to an aromatic ring is 1. The second-order valence-corrected chi connectivity index (χ2v) is 4.34. The average Bonchev–Trinajstić information content (AvgIpc) is 2.92. The fourth-order valence-corrected chi connectivity index (χ4v) is 1.93. The van der Waals surface area contributed by atoms with Gasteiger partial charge < -0.3 is 19.9 Å². The number of rotatable bonds is 3. The molecule has 0 saturated carbocycles. The molecule has 0 amide bonds. The molecular weight excluding hydrogens is 256 g/mol. The molecule has 2 N–H and O–H groups in total. The average molecular weight is 268 g/mol. The van der Waals surface area contributed by atoms with Gasteiger partial charge in [-0.3, -0.25) is 0 Å². The normalized spacial score (nSPS) is 11.9. The summed E-state index contributed by atoms with van der Waals surface area (Å²) in [7, 11) is 0. The fraction of sp³-hybridized carbons (Fsp3) is 0.133. The van der Waals surface area contributed by atoms with Crippen molar-refractivity contribution in [3.63, 3.8) is 0 Å². The Balaban J connectivity index is 1.70. The van der Waals surface area contributed by atoms with Crippen LogP contribution in [-0.2, 0) is 6.61 Å². The molecule has 2 aromatic carbocycles. The molecule has 5 nitrogen and oxygen atoms in total. The highest BCUT2D eigenvalue weighted by molar-refractivity contribution is 5.57. The second kappa shape index (κ2) is 5.02. The van der Waals surface area contributed by atoms with Gasteiger partial charge >= 0.3 is 0 Å². The quantitative estimate of drug-likeness (QED) is 0.865. The molecule has 0 unspecified atom stereocenters. The second-order valence-electron chi connectivity index (χ2n) is 4.34. The minimum absolute atomic E-state index is 0.256. The van der Waals surface area contributed by atoms with Crippen LogP contribution in [0.3, 0.4) is 0 Å². The molecule has 5 heteroatoms. The number of nitrogens with two attached hydrogens (primary N) is 1. The van der Waals surface area contributed by atoms with E-state index < -0.39 is 0 Å². The lowest BCUT2D eigenvalue weighted by Gasteiger charge is -2.08. The maximum atomic E-state index is 8.81. The van der Waals surface area contributed by atoms with Crippen molar-refractivity contribution in [2.45, 2.75) is 6.61 Å². The molecular formula is C15H12N2O3. The molecule has 100 valence electrons. The molecule has 3 rings (SSSR count). The molecule has 0 spiro atoms. The number of ether oxygens (including phenoxy) is 3. The van der Waals surface area contributed by atoms with E-state index in [0.29, 0.717) is 23.6 Å². The Morgan fingerprint density at radius 3 is 2.80 bits per heavy atom. The molecule has 0 atom stereocenters. The van der Waals surface area contributed by atoms with E-state index >= 15 is 0 Å². The Morgan fingerprint density at radius 2 is 2.00 bits per heavy atom. The van der Waals surface area contributed by atoms with Gasteiger partial charge in [0.1, 0.15) is 18.4 Å². The molecule has 0 radical (unpaired) electrons. The molecule has 0 aliphatic carbocycles. The van der Waals surface area contributed by atoms with Crippen molar-refractivity contribution in [3.05, 3.63) is 47.5 Å². The van der Waals surface area contributed by atoms with Crippen molar-refractivity contribution in [2.75, 3.05) is 12.5 Å². The monoisotopic (exact) mass is 268 g/mol. The Labute approximate surface area is 116 Å². The number of fused-ring (bicyclic) bond motifs is 1. The number of hydrogen-bond donors (Lipinski definition) is 1. The number of nitrogens with zero attached hydrogens (tertiary/aromatic N) is 1. The smallest absolute Gasteiger partial charge is 0.231 e. The van der Waals surface area contributed by atoms with Crippen LogP contribution in [0.15, 0.2) is 36.4 Å². The predicted octanol–water partition coefficient (Wildman–Crippen LogP) is 2.45. The lowest BCUT2D eigenvalue weighted by atomic mass is 10.2. The SMILES string of the molecule is N#Cc1ccc(OCc2ccc3c(c2)OCO3)cc1N. The summed E-state index contributed by atoms with van der Waals surface area (Å²) in [6.07, 6.45) is 0. The van der Waals surface area contributed by atoms with Gasteiger partial charge in [0.05, 0.1) is 11.3 Å². The van der Waals surface area contributed by atoms with Crippen LogP contribution in [0, 0.1) is 11.3 Å². The van der Waals surface area contributed by atoms with Gasteiger partial charge in [-0.2, -0.15) is 5.26 Å². The van der Waals surface area contributed by atoms with Crippen LogP contribution >= 0.6 is 0 Å². The first-order valence-corrected chi connectivity index (χ1v) is 6.07. The zero-order valence-electron chi connectivity index (χ0n) is 10.6. The summed E-state index contributed by atoms with van der Waals surface area (Å²) in [4.78, 5) is 0. The number of anilines is 1. The summed E-state index contributed by atoms with van der Waals surface area (Å²) in [5.41, 5.74) is 7.56. The summed E-state index contributed by atoms with van der Waals surface area (Å²) in [6.45, 7) is 0.647. The number of hydrogen-bond acceptors (Lipinski definition) is 5. The van der Waals surface area contributed by atoms with Crippen molar-refractivity contribution in [2.24, 2.45) is 0 Å². The van der Waals surface area contributed by atoms with Crippen LogP contribution in [0.5, 0.6) is 17.2 Å². The van der Waals surface area contributed by atoms with Crippen molar-refractivity contribution in [1.29, 1.82) is 5.26 Å². The lowest BCUT2D eigenvalue weighted by molar-refractivity contribution is 0.174. The summed E-state index contributed by atoms with van der Waals surface area (Å²) in [5, 5.41) is 8.81. The van der Waals surface area contributed by atoms with Crippen molar-refractivity contribution in [1.82, 2.24) is 0 Å². The molecule has 0 bridgehead atoms. The maximum absolute atomic E-state index is 8.81. The van der Waals surface area contributed by atoms with Crippen LogP contribution in [0.4, 0.5) is 5.69 Å². The van der Waals surface area contributed by atoms with Crippen molar-refractivity contribution < 1.29 is 14.2 Å². The third kappa shape index (κ3) is 2.31. The Morgan fingerprint density at radius 1 is 1.15 bits per heavy atom. The third-order valence-corrected chi connectivity index (χ3v) is 2.99. The largest absolute Gasteiger partial charge is 0.489 e. The molecule has 1 aliphatic rings. The molecule has 0 aromatic heterocycles. The van der Waals surface area contributed by atoms with Gasteiger partial charge in [-0.25, -0.2) is 0 Å². The fourth-order valence-electron chi connectivity index (χ4n) is 1.93. The van der Waals surface area contributed by atoms with Crippen LogP contribution < -0.4 is 19.9 Å². The number of benzene rings is 2. The molecule has 0 fully saturated rings. The van der Waals surface area contributed by atoms with Crippen LogP contribution in [0.1, 0.15) is 11.1 Å². The summed E-state index contributed by atoms with van der Waals surface area (Å²) in [6, 6.07) is 12.7. The van der Waals surface area contributed by atoms with E-state index in [0.717, 1.165) is 17.1 Å². The van der Waals surface area contributed by atoms with Crippen molar-refractivity contribution >= 4 is 5.69 Å². The minimum atomic E-state index is 0.256. The van der Waals surface area contributed by atoms with E-state index in [1.54, 1.807) is 18.2 Å². The van der Waals surface area contributed by atoms with Gasteiger partial charge in [-0.05, 0) is 29.8 Å². The van der Waals surface area contributed by atoms with Gasteiger partial charge in [-0.1, -0.05) is 6.07 Å². The van der Waals surface area contributed by atoms with Crippen LogP contribution in [-0.4, -0.2) is 6.79 Å². The van der Waals surface area contributed by atoms with Crippen LogP contribution in [0.25, 0.3) is 0 Å². The summed E-state index contributed by atoms with van der Waals surface area (Å²) >= 11 is 0. The molecule has 1 heterocycles. The zero-order valence-corrected chi connectivity index (χ0v) is 10.6. The summed E-state index contributed by atoms with van der Waals surface area (Å²) in [5.74, 6) is 2.10. The zero-order chi connectivity index (χ0) is 13.9. The van der Waals surface area contributed by atoms with Gasteiger partial charge in [0, 0.05) is 6.07 Å². The Hall–Kier alpha value is -2.87. The lowest BCUT2D eigenvalue weighted by Crippen LogP contribution is -1.97.